The van der Waals surface area contributed by atoms with Crippen LogP contribution in [-0.4, -0.2) is 42.0 Å². The van der Waals surface area contributed by atoms with Crippen LogP contribution in [0.1, 0.15) is 24.8 Å². The Morgan fingerprint density at radius 1 is 1.05 bits per heavy atom. The highest BCUT2D eigenvalue weighted by Crippen LogP contribution is 2.22. The van der Waals surface area contributed by atoms with E-state index in [1.807, 2.05) is 0 Å². The summed E-state index contributed by atoms with van der Waals surface area (Å²) in [5.41, 5.74) is 0.864. The lowest BCUT2D eigenvalue weighted by molar-refractivity contribution is 0.0456. The monoisotopic (exact) mass is 266 g/mol. The molecule has 0 radical (unpaired) electrons. The first-order chi connectivity index (χ1) is 9.22. The molecule has 0 spiro atoms. The fourth-order valence-corrected chi connectivity index (χ4v) is 3.26. The second-order valence-corrected chi connectivity index (χ2v) is 5.67. The number of hydrogen-bond acceptors (Lipinski definition) is 2. The van der Waals surface area contributed by atoms with Crippen LogP contribution >= 0.6 is 0 Å². The Hall–Kier alpha value is -1.00. The number of fused-ring (bicyclic) bond motifs is 1. The zero-order valence-electron chi connectivity index (χ0n) is 11.1. The van der Waals surface area contributed by atoms with Crippen molar-refractivity contribution < 1.29 is 8.78 Å². The van der Waals surface area contributed by atoms with Crippen molar-refractivity contribution in [2.24, 2.45) is 0 Å². The van der Waals surface area contributed by atoms with Gasteiger partial charge in [0.15, 0.2) is 11.6 Å². The highest BCUT2D eigenvalue weighted by atomic mass is 19.2. The molecule has 2 nitrogen and oxygen atoms in total. The van der Waals surface area contributed by atoms with Crippen molar-refractivity contribution in [2.75, 3.05) is 26.2 Å². The molecule has 19 heavy (non-hydrogen) atoms. The zero-order valence-corrected chi connectivity index (χ0v) is 11.1. The molecule has 0 N–H and O–H groups in total. The first-order valence-corrected chi connectivity index (χ1v) is 7.13. The summed E-state index contributed by atoms with van der Waals surface area (Å²) in [5, 5.41) is 0. The SMILES string of the molecule is Fc1ccc(CN2CCN3CCCCC3C2)cc1F. The van der Waals surface area contributed by atoms with Gasteiger partial charge in [0.2, 0.25) is 0 Å². The topological polar surface area (TPSA) is 6.48 Å². The summed E-state index contributed by atoms with van der Waals surface area (Å²) in [7, 11) is 0. The van der Waals surface area contributed by atoms with E-state index in [0.29, 0.717) is 6.04 Å². The third kappa shape index (κ3) is 2.95. The average Bonchev–Trinajstić information content (AvgIpc) is 2.43. The van der Waals surface area contributed by atoms with E-state index in [4.69, 9.17) is 0 Å². The molecule has 2 heterocycles. The van der Waals surface area contributed by atoms with Gasteiger partial charge in [-0.25, -0.2) is 8.78 Å². The Bertz CT molecular complexity index is 450. The fourth-order valence-electron chi connectivity index (χ4n) is 3.26. The van der Waals surface area contributed by atoms with Gasteiger partial charge in [-0.15, -0.1) is 0 Å². The van der Waals surface area contributed by atoms with Crippen molar-refractivity contribution >= 4 is 0 Å². The quantitative estimate of drug-likeness (QED) is 0.812. The van der Waals surface area contributed by atoms with Gasteiger partial charge in [-0.1, -0.05) is 12.5 Å². The number of hydrogen-bond donors (Lipinski definition) is 0. The van der Waals surface area contributed by atoms with Crippen molar-refractivity contribution in [3.05, 3.63) is 35.4 Å². The number of piperidine rings is 1. The minimum atomic E-state index is -0.763. The Balaban J connectivity index is 1.62. The van der Waals surface area contributed by atoms with Gasteiger partial charge in [-0.3, -0.25) is 9.80 Å². The fraction of sp³-hybridized carbons (Fsp3) is 0.600. The summed E-state index contributed by atoms with van der Waals surface area (Å²) in [4.78, 5) is 4.93. The van der Waals surface area contributed by atoms with Gasteiger partial charge < -0.3 is 0 Å². The lowest BCUT2D eigenvalue weighted by atomic mass is 9.99. The van der Waals surface area contributed by atoms with Gasteiger partial charge in [0, 0.05) is 32.2 Å². The molecule has 2 aliphatic rings. The second kappa shape index (κ2) is 5.55. The largest absolute Gasteiger partial charge is 0.298 e. The predicted molar refractivity (Wildman–Crippen MR) is 70.8 cm³/mol. The number of halogens is 2. The summed E-state index contributed by atoms with van der Waals surface area (Å²) in [6.45, 7) is 5.13. The highest BCUT2D eigenvalue weighted by molar-refractivity contribution is 5.17. The van der Waals surface area contributed by atoms with E-state index < -0.39 is 11.6 Å². The minimum Gasteiger partial charge on any atom is -0.298 e. The van der Waals surface area contributed by atoms with Crippen LogP contribution in [-0.2, 0) is 6.54 Å². The summed E-state index contributed by atoms with van der Waals surface area (Å²) in [6.07, 6.45) is 3.91. The molecule has 1 aromatic carbocycles. The number of nitrogens with zero attached hydrogens (tertiary/aromatic N) is 2. The minimum absolute atomic E-state index is 0.660. The maximum absolute atomic E-state index is 13.2. The van der Waals surface area contributed by atoms with Gasteiger partial charge in [-0.2, -0.15) is 0 Å². The molecule has 0 bridgehead atoms. The van der Waals surface area contributed by atoms with Crippen LogP contribution in [0.3, 0.4) is 0 Å². The van der Waals surface area contributed by atoms with Crippen molar-refractivity contribution in [3.8, 4) is 0 Å². The summed E-state index contributed by atoms with van der Waals surface area (Å²) in [5.74, 6) is -1.50. The number of benzene rings is 1. The molecule has 4 heteroatoms. The Labute approximate surface area is 113 Å². The van der Waals surface area contributed by atoms with Crippen molar-refractivity contribution in [1.82, 2.24) is 9.80 Å². The lowest BCUT2D eigenvalue weighted by Crippen LogP contribution is -2.54. The zero-order chi connectivity index (χ0) is 13.2. The standard InChI is InChI=1S/C15H20F2N2/c16-14-5-4-12(9-15(14)17)10-18-7-8-19-6-2-1-3-13(19)11-18/h4-5,9,13H,1-3,6-8,10-11H2. The Kier molecular flexibility index (Phi) is 3.80. The van der Waals surface area contributed by atoms with Crippen LogP contribution in [0.15, 0.2) is 18.2 Å². The molecule has 2 aliphatic heterocycles. The second-order valence-electron chi connectivity index (χ2n) is 5.67. The van der Waals surface area contributed by atoms with Crippen molar-refractivity contribution in [1.29, 1.82) is 0 Å². The van der Waals surface area contributed by atoms with E-state index >= 15 is 0 Å². The molecule has 0 saturated carbocycles. The molecule has 1 atom stereocenters. The first-order valence-electron chi connectivity index (χ1n) is 7.13. The molecular weight excluding hydrogens is 246 g/mol. The Morgan fingerprint density at radius 3 is 2.79 bits per heavy atom. The molecule has 0 aromatic heterocycles. The number of piperazine rings is 1. The van der Waals surface area contributed by atoms with Crippen LogP contribution in [0.25, 0.3) is 0 Å². The van der Waals surface area contributed by atoms with Gasteiger partial charge in [0.25, 0.3) is 0 Å². The van der Waals surface area contributed by atoms with Crippen molar-refractivity contribution in [3.63, 3.8) is 0 Å². The van der Waals surface area contributed by atoms with E-state index in [2.05, 4.69) is 9.80 Å². The maximum atomic E-state index is 13.2. The van der Waals surface area contributed by atoms with Gasteiger partial charge in [-0.05, 0) is 37.1 Å². The van der Waals surface area contributed by atoms with E-state index in [-0.39, 0.29) is 0 Å². The van der Waals surface area contributed by atoms with Gasteiger partial charge in [0.1, 0.15) is 0 Å². The smallest absolute Gasteiger partial charge is 0.159 e. The number of rotatable bonds is 2. The van der Waals surface area contributed by atoms with Crippen molar-refractivity contribution in [2.45, 2.75) is 31.8 Å². The van der Waals surface area contributed by atoms with E-state index in [1.54, 1.807) is 6.07 Å². The van der Waals surface area contributed by atoms with Crippen LogP contribution in [0.5, 0.6) is 0 Å². The Morgan fingerprint density at radius 2 is 1.95 bits per heavy atom. The van der Waals surface area contributed by atoms with Crippen LogP contribution < -0.4 is 0 Å². The van der Waals surface area contributed by atoms with Crippen LogP contribution in [0.4, 0.5) is 8.78 Å². The third-order valence-corrected chi connectivity index (χ3v) is 4.31. The molecule has 2 saturated heterocycles. The van der Waals surface area contributed by atoms with E-state index in [9.17, 15) is 8.78 Å². The van der Waals surface area contributed by atoms with E-state index in [1.165, 1.54) is 37.9 Å². The van der Waals surface area contributed by atoms with Crippen LogP contribution in [0, 0.1) is 11.6 Å². The van der Waals surface area contributed by atoms with E-state index in [0.717, 1.165) is 31.7 Å². The molecule has 1 unspecified atom stereocenters. The first kappa shape index (κ1) is 13.0. The molecule has 0 aliphatic carbocycles. The van der Waals surface area contributed by atoms with Crippen LogP contribution in [0.2, 0.25) is 0 Å². The maximum Gasteiger partial charge on any atom is 0.159 e. The van der Waals surface area contributed by atoms with Gasteiger partial charge >= 0.3 is 0 Å². The molecular formula is C15H20F2N2. The molecule has 0 amide bonds. The summed E-state index contributed by atoms with van der Waals surface area (Å²) in [6, 6.07) is 4.89. The third-order valence-electron chi connectivity index (χ3n) is 4.31. The normalized spacial score (nSPS) is 25.3. The summed E-state index contributed by atoms with van der Waals surface area (Å²) >= 11 is 0. The lowest BCUT2D eigenvalue weighted by Gasteiger charge is -2.44. The summed E-state index contributed by atoms with van der Waals surface area (Å²) < 4.78 is 26.1. The molecule has 2 fully saturated rings. The molecule has 3 rings (SSSR count). The molecule has 104 valence electrons. The predicted octanol–water partition coefficient (Wildman–Crippen LogP) is 2.63. The highest BCUT2D eigenvalue weighted by Gasteiger charge is 2.28. The molecule has 1 aromatic rings. The average molecular weight is 266 g/mol. The van der Waals surface area contributed by atoms with Gasteiger partial charge in [0.05, 0.1) is 0 Å².